The van der Waals surface area contributed by atoms with Crippen molar-refractivity contribution in [3.05, 3.63) is 35.4 Å². The Balaban J connectivity index is 2.37. The third-order valence-electron chi connectivity index (χ3n) is 3.86. The van der Waals surface area contributed by atoms with E-state index in [1.807, 2.05) is 57.1 Å². The summed E-state index contributed by atoms with van der Waals surface area (Å²) in [6, 6.07) is 9.24. The number of ether oxygens (including phenoxy) is 2. The van der Waals surface area contributed by atoms with Crippen LogP contribution in [0, 0.1) is 11.3 Å². The second kappa shape index (κ2) is 7.04. The Kier molecular flexibility index (Phi) is 5.27. The number of hydrogen-bond acceptors (Lipinski definition) is 5. The van der Waals surface area contributed by atoms with Gasteiger partial charge in [-0.15, -0.1) is 0 Å². The summed E-state index contributed by atoms with van der Waals surface area (Å²) in [7, 11) is 3.85. The van der Waals surface area contributed by atoms with Gasteiger partial charge in [0, 0.05) is 26.2 Å². The zero-order valence-corrected chi connectivity index (χ0v) is 14.4. The van der Waals surface area contributed by atoms with Gasteiger partial charge in [0.15, 0.2) is 5.79 Å². The summed E-state index contributed by atoms with van der Waals surface area (Å²) in [4.78, 5) is 13.4. The standard InChI is InChI=1S/C18H22N2O4/c1-18(2)23-11-14(24-18)9-15(16(10-19)17(21)22)12-5-7-13(8-6-12)20(3)4/h5-8,14H,9,11H2,1-4H3,(H,21,22)/b16-15+. The first-order chi connectivity index (χ1) is 11.2. The summed E-state index contributed by atoms with van der Waals surface area (Å²) in [6.07, 6.45) is 0.0196. The van der Waals surface area contributed by atoms with Crippen LogP contribution in [0.4, 0.5) is 5.69 Å². The molecule has 2 rings (SSSR count). The van der Waals surface area contributed by atoms with E-state index in [-0.39, 0.29) is 11.7 Å². The number of aliphatic carboxylic acids is 1. The number of benzene rings is 1. The smallest absolute Gasteiger partial charge is 0.346 e. The van der Waals surface area contributed by atoms with Crippen LogP contribution in [0.2, 0.25) is 0 Å². The molecule has 1 aromatic rings. The Labute approximate surface area is 141 Å². The van der Waals surface area contributed by atoms with Crippen molar-refractivity contribution >= 4 is 17.2 Å². The molecule has 1 fully saturated rings. The Hall–Kier alpha value is -2.36. The van der Waals surface area contributed by atoms with Crippen molar-refractivity contribution in [3.8, 4) is 6.07 Å². The molecule has 0 aromatic heterocycles. The van der Waals surface area contributed by atoms with E-state index in [2.05, 4.69) is 0 Å². The van der Waals surface area contributed by atoms with Crippen molar-refractivity contribution in [2.75, 3.05) is 25.6 Å². The molecule has 6 nitrogen and oxygen atoms in total. The first-order valence-electron chi connectivity index (χ1n) is 7.69. The van der Waals surface area contributed by atoms with E-state index in [1.165, 1.54) is 0 Å². The number of rotatable bonds is 5. The lowest BCUT2D eigenvalue weighted by Gasteiger charge is -2.19. The Morgan fingerprint density at radius 1 is 1.38 bits per heavy atom. The molecule has 1 unspecified atom stereocenters. The maximum absolute atomic E-state index is 11.5. The van der Waals surface area contributed by atoms with Gasteiger partial charge < -0.3 is 19.5 Å². The molecular formula is C18H22N2O4. The minimum absolute atomic E-state index is 0.263. The van der Waals surface area contributed by atoms with Crippen molar-refractivity contribution < 1.29 is 19.4 Å². The second-order valence-corrected chi connectivity index (χ2v) is 6.37. The van der Waals surface area contributed by atoms with Gasteiger partial charge in [0.05, 0.1) is 12.7 Å². The highest BCUT2D eigenvalue weighted by atomic mass is 16.7. The lowest BCUT2D eigenvalue weighted by atomic mass is 9.94. The summed E-state index contributed by atoms with van der Waals surface area (Å²) in [5.74, 6) is -1.93. The van der Waals surface area contributed by atoms with E-state index >= 15 is 0 Å². The molecule has 0 radical (unpaired) electrons. The summed E-state index contributed by atoms with van der Waals surface area (Å²) in [6.45, 7) is 3.99. The van der Waals surface area contributed by atoms with Gasteiger partial charge in [-0.3, -0.25) is 0 Å². The fourth-order valence-corrected chi connectivity index (χ4v) is 2.66. The number of carbonyl (C=O) groups is 1. The number of hydrogen-bond donors (Lipinski definition) is 1. The highest BCUT2D eigenvalue weighted by molar-refractivity contribution is 6.00. The van der Waals surface area contributed by atoms with Crippen molar-refractivity contribution in [2.45, 2.75) is 32.2 Å². The molecule has 0 saturated carbocycles. The minimum atomic E-state index is -1.23. The van der Waals surface area contributed by atoms with Crippen LogP contribution in [0.25, 0.3) is 5.57 Å². The SMILES string of the molecule is CN(C)c1ccc(/C(CC2COC(C)(C)O2)=C(\C#N)C(=O)O)cc1. The molecule has 0 amide bonds. The van der Waals surface area contributed by atoms with Crippen LogP contribution in [-0.2, 0) is 14.3 Å². The molecule has 1 atom stereocenters. The monoisotopic (exact) mass is 330 g/mol. The summed E-state index contributed by atoms with van der Waals surface area (Å²) in [5.41, 5.74) is 1.89. The number of anilines is 1. The third-order valence-corrected chi connectivity index (χ3v) is 3.86. The van der Waals surface area contributed by atoms with Crippen LogP contribution in [-0.4, -0.2) is 43.7 Å². The topological polar surface area (TPSA) is 82.8 Å². The van der Waals surface area contributed by atoms with Gasteiger partial charge in [-0.25, -0.2) is 4.79 Å². The quantitative estimate of drug-likeness (QED) is 0.660. The van der Waals surface area contributed by atoms with Crippen LogP contribution in [0.5, 0.6) is 0 Å². The average Bonchev–Trinajstić information content (AvgIpc) is 2.85. The van der Waals surface area contributed by atoms with Crippen molar-refractivity contribution in [1.29, 1.82) is 5.26 Å². The molecular weight excluding hydrogens is 308 g/mol. The van der Waals surface area contributed by atoms with E-state index in [0.29, 0.717) is 24.2 Å². The van der Waals surface area contributed by atoms with Crippen LogP contribution in [0.3, 0.4) is 0 Å². The number of nitrogens with zero attached hydrogens (tertiary/aromatic N) is 2. The molecule has 24 heavy (non-hydrogen) atoms. The molecule has 0 spiro atoms. The van der Waals surface area contributed by atoms with Gasteiger partial charge in [-0.1, -0.05) is 12.1 Å². The molecule has 1 heterocycles. The summed E-state index contributed by atoms with van der Waals surface area (Å²) < 4.78 is 11.3. The highest BCUT2D eigenvalue weighted by Crippen LogP contribution is 2.32. The number of carboxylic acids is 1. The maximum atomic E-state index is 11.5. The van der Waals surface area contributed by atoms with Gasteiger partial charge in [-0.2, -0.15) is 5.26 Å². The largest absolute Gasteiger partial charge is 0.477 e. The number of nitriles is 1. The van der Waals surface area contributed by atoms with Gasteiger partial charge in [-0.05, 0) is 37.1 Å². The van der Waals surface area contributed by atoms with E-state index in [4.69, 9.17) is 9.47 Å². The van der Waals surface area contributed by atoms with Crippen LogP contribution in [0.15, 0.2) is 29.8 Å². The van der Waals surface area contributed by atoms with Gasteiger partial charge >= 0.3 is 5.97 Å². The molecule has 1 aliphatic heterocycles. The van der Waals surface area contributed by atoms with Crippen LogP contribution >= 0.6 is 0 Å². The van der Waals surface area contributed by atoms with Gasteiger partial charge in [0.1, 0.15) is 11.6 Å². The highest BCUT2D eigenvalue weighted by Gasteiger charge is 2.34. The van der Waals surface area contributed by atoms with E-state index in [1.54, 1.807) is 6.07 Å². The summed E-state index contributed by atoms with van der Waals surface area (Å²) in [5, 5.41) is 18.6. The molecule has 128 valence electrons. The Morgan fingerprint density at radius 3 is 2.42 bits per heavy atom. The lowest BCUT2D eigenvalue weighted by Crippen LogP contribution is -2.22. The van der Waals surface area contributed by atoms with Crippen LogP contribution in [0.1, 0.15) is 25.8 Å². The first-order valence-corrected chi connectivity index (χ1v) is 7.69. The fraction of sp³-hybridized carbons (Fsp3) is 0.444. The van der Waals surface area contributed by atoms with Crippen molar-refractivity contribution in [2.24, 2.45) is 0 Å². The first kappa shape index (κ1) is 18.0. The zero-order chi connectivity index (χ0) is 17.9. The van der Waals surface area contributed by atoms with Crippen molar-refractivity contribution in [3.63, 3.8) is 0 Å². The van der Waals surface area contributed by atoms with Gasteiger partial charge in [0.25, 0.3) is 0 Å². The van der Waals surface area contributed by atoms with Gasteiger partial charge in [0.2, 0.25) is 0 Å². The van der Waals surface area contributed by atoms with Crippen LogP contribution < -0.4 is 4.90 Å². The zero-order valence-electron chi connectivity index (χ0n) is 14.4. The van der Waals surface area contributed by atoms with Crippen molar-refractivity contribution in [1.82, 2.24) is 0 Å². The Morgan fingerprint density at radius 2 is 2.00 bits per heavy atom. The lowest BCUT2D eigenvalue weighted by molar-refractivity contribution is -0.137. The Bertz CT molecular complexity index is 684. The molecule has 1 aliphatic rings. The molecule has 1 N–H and O–H groups in total. The van der Waals surface area contributed by atoms with E-state index < -0.39 is 11.8 Å². The predicted molar refractivity (Wildman–Crippen MR) is 90.5 cm³/mol. The molecule has 1 saturated heterocycles. The molecule has 6 heteroatoms. The maximum Gasteiger partial charge on any atom is 0.346 e. The molecule has 1 aromatic carbocycles. The van der Waals surface area contributed by atoms with E-state index in [9.17, 15) is 15.2 Å². The minimum Gasteiger partial charge on any atom is -0.477 e. The average molecular weight is 330 g/mol. The van der Waals surface area contributed by atoms with E-state index in [0.717, 1.165) is 5.69 Å². The second-order valence-electron chi connectivity index (χ2n) is 6.37. The number of carboxylic acid groups (broad SMARTS) is 1. The molecule has 0 bridgehead atoms. The predicted octanol–water partition coefficient (Wildman–Crippen LogP) is 2.66. The normalized spacial score (nSPS) is 20.2. The fourth-order valence-electron chi connectivity index (χ4n) is 2.66. The third kappa shape index (κ3) is 4.13. The molecule has 0 aliphatic carbocycles. The summed E-state index contributed by atoms with van der Waals surface area (Å²) >= 11 is 0.